The third-order valence-corrected chi connectivity index (χ3v) is 2.36. The standard InChI is InChI=1S/C12H13BN2/c1-12(2,13)11-9(14)7-8-5-3-4-6-10(8)15-11/h3-7H,14H2,1-2H3. The maximum Gasteiger partial charge on any atom is 0.0825 e. The first-order valence-corrected chi connectivity index (χ1v) is 4.93. The predicted octanol–water partition coefficient (Wildman–Crippen LogP) is 2.22. The Morgan fingerprint density at radius 2 is 1.93 bits per heavy atom. The number of benzene rings is 1. The summed E-state index contributed by atoms with van der Waals surface area (Å²) in [6.45, 7) is 3.81. The molecule has 3 heteroatoms. The number of fused-ring (bicyclic) bond motifs is 1. The molecule has 15 heavy (non-hydrogen) atoms. The maximum absolute atomic E-state index is 6.01. The van der Waals surface area contributed by atoms with Crippen molar-refractivity contribution < 1.29 is 0 Å². The largest absolute Gasteiger partial charge is 0.397 e. The highest BCUT2D eigenvalue weighted by Gasteiger charge is 2.18. The maximum atomic E-state index is 6.01. The van der Waals surface area contributed by atoms with Crippen molar-refractivity contribution in [2.75, 3.05) is 5.73 Å². The van der Waals surface area contributed by atoms with Gasteiger partial charge in [-0.1, -0.05) is 32.0 Å². The smallest absolute Gasteiger partial charge is 0.0825 e. The highest BCUT2D eigenvalue weighted by atomic mass is 14.8. The first-order chi connectivity index (χ1) is 6.98. The molecule has 0 saturated heterocycles. The number of aromatic nitrogens is 1. The number of hydrogen-bond donors (Lipinski definition) is 1. The quantitative estimate of drug-likeness (QED) is 0.710. The molecule has 1 aromatic heterocycles. The van der Waals surface area contributed by atoms with E-state index in [2.05, 4.69) is 4.98 Å². The van der Waals surface area contributed by atoms with Crippen molar-refractivity contribution in [1.82, 2.24) is 4.98 Å². The van der Waals surface area contributed by atoms with Gasteiger partial charge < -0.3 is 5.73 Å². The molecule has 0 aliphatic heterocycles. The average Bonchev–Trinajstić information content (AvgIpc) is 2.15. The molecule has 0 fully saturated rings. The Labute approximate surface area is 90.9 Å². The second-order valence-corrected chi connectivity index (χ2v) is 4.34. The van der Waals surface area contributed by atoms with Crippen molar-refractivity contribution in [1.29, 1.82) is 0 Å². The van der Waals surface area contributed by atoms with Crippen LogP contribution in [-0.4, -0.2) is 12.8 Å². The Hall–Kier alpha value is -1.51. The molecule has 2 aromatic rings. The van der Waals surface area contributed by atoms with E-state index in [0.29, 0.717) is 5.69 Å². The van der Waals surface area contributed by atoms with E-state index in [1.165, 1.54) is 0 Å². The molecular weight excluding hydrogens is 183 g/mol. The normalized spacial score (nSPS) is 11.9. The van der Waals surface area contributed by atoms with Gasteiger partial charge in [0.05, 0.1) is 24.7 Å². The third-order valence-electron chi connectivity index (χ3n) is 2.36. The summed E-state index contributed by atoms with van der Waals surface area (Å²) in [5.74, 6) is 0. The highest BCUT2D eigenvalue weighted by molar-refractivity contribution is 6.15. The van der Waals surface area contributed by atoms with E-state index in [0.717, 1.165) is 16.6 Å². The van der Waals surface area contributed by atoms with Gasteiger partial charge in [-0.15, -0.1) is 0 Å². The van der Waals surface area contributed by atoms with Crippen LogP contribution in [-0.2, 0) is 5.31 Å². The molecular formula is C12H13BN2. The molecule has 2 radical (unpaired) electrons. The summed E-state index contributed by atoms with van der Waals surface area (Å²) in [6, 6.07) is 9.80. The fraction of sp³-hybridized carbons (Fsp3) is 0.250. The fourth-order valence-electron chi connectivity index (χ4n) is 1.65. The van der Waals surface area contributed by atoms with Gasteiger partial charge in [-0.05, 0) is 17.4 Å². The van der Waals surface area contributed by atoms with Gasteiger partial charge in [0.2, 0.25) is 0 Å². The molecule has 0 bridgehead atoms. The molecule has 0 unspecified atom stereocenters. The number of nitrogen functional groups attached to an aromatic ring is 1. The van der Waals surface area contributed by atoms with Crippen LogP contribution in [0.15, 0.2) is 30.3 Å². The molecule has 0 atom stereocenters. The lowest BCUT2D eigenvalue weighted by Gasteiger charge is -2.20. The van der Waals surface area contributed by atoms with Gasteiger partial charge >= 0.3 is 0 Å². The van der Waals surface area contributed by atoms with E-state index in [1.54, 1.807) is 0 Å². The molecule has 0 saturated carbocycles. The number of hydrogen-bond acceptors (Lipinski definition) is 2. The van der Waals surface area contributed by atoms with Gasteiger partial charge in [-0.2, -0.15) is 0 Å². The van der Waals surface area contributed by atoms with Crippen molar-refractivity contribution in [2.24, 2.45) is 0 Å². The average molecular weight is 196 g/mol. The van der Waals surface area contributed by atoms with Crippen LogP contribution in [0.1, 0.15) is 19.5 Å². The van der Waals surface area contributed by atoms with E-state index in [1.807, 2.05) is 44.2 Å². The Kier molecular flexibility index (Phi) is 2.18. The van der Waals surface area contributed by atoms with Crippen LogP contribution >= 0.6 is 0 Å². The summed E-state index contributed by atoms with van der Waals surface area (Å²) in [5, 5.41) is 0.539. The zero-order chi connectivity index (χ0) is 11.1. The monoisotopic (exact) mass is 196 g/mol. The second-order valence-electron chi connectivity index (χ2n) is 4.34. The van der Waals surface area contributed by atoms with Crippen molar-refractivity contribution in [2.45, 2.75) is 19.2 Å². The summed E-state index contributed by atoms with van der Waals surface area (Å²) < 4.78 is 0. The van der Waals surface area contributed by atoms with E-state index in [9.17, 15) is 0 Å². The summed E-state index contributed by atoms with van der Waals surface area (Å²) >= 11 is 0. The molecule has 0 spiro atoms. The van der Waals surface area contributed by atoms with Crippen LogP contribution in [0.5, 0.6) is 0 Å². The van der Waals surface area contributed by atoms with Crippen LogP contribution in [0.3, 0.4) is 0 Å². The van der Waals surface area contributed by atoms with Crippen LogP contribution < -0.4 is 5.73 Å². The lowest BCUT2D eigenvalue weighted by atomic mass is 9.69. The van der Waals surface area contributed by atoms with Crippen LogP contribution in [0.25, 0.3) is 10.9 Å². The Morgan fingerprint density at radius 1 is 1.27 bits per heavy atom. The fourth-order valence-corrected chi connectivity index (χ4v) is 1.65. The molecule has 1 aromatic carbocycles. The second kappa shape index (κ2) is 3.26. The highest BCUT2D eigenvalue weighted by Crippen LogP contribution is 2.26. The molecule has 2 rings (SSSR count). The van der Waals surface area contributed by atoms with Gasteiger partial charge in [0.1, 0.15) is 0 Å². The Morgan fingerprint density at radius 3 is 2.60 bits per heavy atom. The first kappa shape index (κ1) is 10.0. The van der Waals surface area contributed by atoms with Crippen LogP contribution in [0.2, 0.25) is 0 Å². The van der Waals surface area contributed by atoms with Gasteiger partial charge in [-0.3, -0.25) is 4.98 Å². The Bertz CT molecular complexity index is 500. The molecule has 2 N–H and O–H groups in total. The van der Waals surface area contributed by atoms with Crippen molar-refractivity contribution in [3.05, 3.63) is 36.0 Å². The van der Waals surface area contributed by atoms with Gasteiger partial charge in [0, 0.05) is 5.39 Å². The predicted molar refractivity (Wildman–Crippen MR) is 64.9 cm³/mol. The summed E-state index contributed by atoms with van der Waals surface area (Å²) in [7, 11) is 6.01. The van der Waals surface area contributed by atoms with Crippen LogP contribution in [0, 0.1) is 0 Å². The summed E-state index contributed by atoms with van der Waals surface area (Å²) in [4.78, 5) is 4.50. The number of nitrogens with zero attached hydrogens (tertiary/aromatic N) is 1. The minimum atomic E-state index is -0.506. The molecule has 0 aliphatic carbocycles. The van der Waals surface area contributed by atoms with E-state index < -0.39 is 5.31 Å². The number of pyridine rings is 1. The lowest BCUT2D eigenvalue weighted by Crippen LogP contribution is -2.20. The first-order valence-electron chi connectivity index (χ1n) is 4.93. The summed E-state index contributed by atoms with van der Waals surface area (Å²) in [5.41, 5.74) is 8.27. The number of para-hydroxylation sites is 1. The van der Waals surface area contributed by atoms with Gasteiger partial charge in [0.15, 0.2) is 0 Å². The Balaban J connectivity index is 2.73. The molecule has 0 amide bonds. The zero-order valence-corrected chi connectivity index (χ0v) is 8.99. The number of rotatable bonds is 1. The number of nitrogens with two attached hydrogens (primary N) is 1. The zero-order valence-electron chi connectivity index (χ0n) is 8.99. The van der Waals surface area contributed by atoms with Crippen molar-refractivity contribution in [3.63, 3.8) is 0 Å². The third kappa shape index (κ3) is 1.82. The van der Waals surface area contributed by atoms with Crippen molar-refractivity contribution >= 4 is 24.4 Å². The van der Waals surface area contributed by atoms with Crippen molar-refractivity contribution in [3.8, 4) is 0 Å². The van der Waals surface area contributed by atoms with Crippen LogP contribution in [0.4, 0.5) is 5.69 Å². The van der Waals surface area contributed by atoms with Gasteiger partial charge in [0.25, 0.3) is 0 Å². The van der Waals surface area contributed by atoms with E-state index in [4.69, 9.17) is 13.6 Å². The molecule has 74 valence electrons. The lowest BCUT2D eigenvalue weighted by molar-refractivity contribution is 0.738. The topological polar surface area (TPSA) is 38.9 Å². The van der Waals surface area contributed by atoms with E-state index in [-0.39, 0.29) is 0 Å². The molecule has 0 aliphatic rings. The minimum Gasteiger partial charge on any atom is -0.397 e. The molecule has 1 heterocycles. The van der Waals surface area contributed by atoms with Gasteiger partial charge in [-0.25, -0.2) is 0 Å². The minimum absolute atomic E-state index is 0.506. The molecule has 2 nitrogen and oxygen atoms in total. The number of anilines is 1. The SMILES string of the molecule is [B]C(C)(C)c1nc2ccccc2cc1N. The summed E-state index contributed by atoms with van der Waals surface area (Å²) in [6.07, 6.45) is 0. The van der Waals surface area contributed by atoms with E-state index >= 15 is 0 Å².